The van der Waals surface area contributed by atoms with Crippen molar-refractivity contribution in [3.05, 3.63) is 16.1 Å². The third-order valence-electron chi connectivity index (χ3n) is 2.24. The number of hydrogen-bond acceptors (Lipinski definition) is 4. The summed E-state index contributed by atoms with van der Waals surface area (Å²) in [5.41, 5.74) is 6.16. The molecule has 0 spiro atoms. The van der Waals surface area contributed by atoms with Crippen molar-refractivity contribution in [3.8, 4) is 0 Å². The van der Waals surface area contributed by atoms with Crippen LogP contribution >= 0.6 is 11.3 Å². The van der Waals surface area contributed by atoms with Gasteiger partial charge in [0.15, 0.2) is 0 Å². The van der Waals surface area contributed by atoms with E-state index in [0.717, 1.165) is 17.8 Å². The third-order valence-corrected chi connectivity index (χ3v) is 3.29. The van der Waals surface area contributed by atoms with Crippen LogP contribution in [0.4, 0.5) is 0 Å². The van der Waals surface area contributed by atoms with E-state index in [0.29, 0.717) is 5.69 Å². The lowest BCUT2D eigenvalue weighted by atomic mass is 10.2. The van der Waals surface area contributed by atoms with Crippen LogP contribution in [0.15, 0.2) is 5.38 Å². The normalized spacial score (nSPS) is 14.5. The summed E-state index contributed by atoms with van der Waals surface area (Å²) in [4.78, 5) is 16.0. The van der Waals surface area contributed by atoms with Crippen molar-refractivity contribution in [2.75, 3.05) is 0 Å². The van der Waals surface area contributed by atoms with Crippen molar-refractivity contribution in [1.29, 1.82) is 0 Å². The van der Waals surface area contributed by atoms with Crippen molar-refractivity contribution in [2.45, 2.75) is 45.7 Å². The van der Waals surface area contributed by atoms with Crippen LogP contribution in [0.5, 0.6) is 0 Å². The first kappa shape index (κ1) is 13.1. The first-order valence-corrected chi connectivity index (χ1v) is 6.44. The van der Waals surface area contributed by atoms with Gasteiger partial charge in [0.1, 0.15) is 10.7 Å². The van der Waals surface area contributed by atoms with Gasteiger partial charge in [0, 0.05) is 11.4 Å². The van der Waals surface area contributed by atoms with E-state index in [2.05, 4.69) is 17.2 Å². The molecule has 0 aromatic carbocycles. The fourth-order valence-corrected chi connectivity index (χ4v) is 2.16. The van der Waals surface area contributed by atoms with Crippen molar-refractivity contribution < 1.29 is 4.79 Å². The molecule has 2 unspecified atom stereocenters. The van der Waals surface area contributed by atoms with E-state index in [1.54, 1.807) is 5.38 Å². The predicted molar refractivity (Wildman–Crippen MR) is 66.6 cm³/mol. The van der Waals surface area contributed by atoms with Gasteiger partial charge in [0.2, 0.25) is 0 Å². The summed E-state index contributed by atoms with van der Waals surface area (Å²) in [5.74, 6) is -0.107. The molecule has 1 heterocycles. The molecule has 3 N–H and O–H groups in total. The van der Waals surface area contributed by atoms with Crippen molar-refractivity contribution in [3.63, 3.8) is 0 Å². The molecular weight excluding hydrogens is 222 g/mol. The minimum Gasteiger partial charge on any atom is -0.348 e. The number of hydrogen-bond donors (Lipinski definition) is 2. The van der Waals surface area contributed by atoms with E-state index in [-0.39, 0.29) is 18.0 Å². The van der Waals surface area contributed by atoms with Crippen LogP contribution in [-0.2, 0) is 0 Å². The molecule has 16 heavy (non-hydrogen) atoms. The minimum atomic E-state index is -0.111. The Hall–Kier alpha value is -0.940. The van der Waals surface area contributed by atoms with Crippen LogP contribution in [0, 0.1) is 0 Å². The van der Waals surface area contributed by atoms with Crippen LogP contribution in [0.3, 0.4) is 0 Å². The monoisotopic (exact) mass is 241 g/mol. The Morgan fingerprint density at radius 2 is 2.31 bits per heavy atom. The molecule has 0 radical (unpaired) electrons. The summed E-state index contributed by atoms with van der Waals surface area (Å²) in [6.07, 6.45) is 2.04. The van der Waals surface area contributed by atoms with E-state index >= 15 is 0 Å². The highest BCUT2D eigenvalue weighted by Crippen LogP contribution is 2.15. The van der Waals surface area contributed by atoms with Gasteiger partial charge in [0.25, 0.3) is 5.91 Å². The standard InChI is InChI=1S/C11H19N3OS/c1-4-5-7(2)13-10(15)9-6-16-11(14-9)8(3)12/h6-8H,4-5,12H2,1-3H3,(H,13,15). The Balaban J connectivity index is 2.59. The molecule has 0 bridgehead atoms. The Labute approximate surface area is 100 Å². The summed E-state index contributed by atoms with van der Waals surface area (Å²) in [5, 5.41) is 5.47. The Kier molecular flexibility index (Phi) is 4.89. The predicted octanol–water partition coefficient (Wildman–Crippen LogP) is 2.08. The number of nitrogens with two attached hydrogens (primary N) is 1. The number of nitrogens with one attached hydrogen (secondary N) is 1. The third kappa shape index (κ3) is 3.57. The zero-order chi connectivity index (χ0) is 12.1. The second kappa shape index (κ2) is 5.96. The highest BCUT2D eigenvalue weighted by atomic mass is 32.1. The van der Waals surface area contributed by atoms with Gasteiger partial charge < -0.3 is 11.1 Å². The summed E-state index contributed by atoms with van der Waals surface area (Å²) in [6.45, 7) is 5.96. The zero-order valence-corrected chi connectivity index (χ0v) is 10.8. The lowest BCUT2D eigenvalue weighted by molar-refractivity contribution is 0.0934. The lowest BCUT2D eigenvalue weighted by Gasteiger charge is -2.11. The first-order chi connectivity index (χ1) is 7.54. The van der Waals surface area contributed by atoms with Crippen LogP contribution in [0.2, 0.25) is 0 Å². The van der Waals surface area contributed by atoms with E-state index in [1.165, 1.54) is 11.3 Å². The number of nitrogens with zero attached hydrogens (tertiary/aromatic N) is 1. The summed E-state index contributed by atoms with van der Waals surface area (Å²) in [7, 11) is 0. The fourth-order valence-electron chi connectivity index (χ4n) is 1.40. The van der Waals surface area contributed by atoms with Gasteiger partial charge in [-0.1, -0.05) is 13.3 Å². The SMILES string of the molecule is CCCC(C)NC(=O)c1csc(C(C)N)n1. The summed E-state index contributed by atoms with van der Waals surface area (Å²) < 4.78 is 0. The topological polar surface area (TPSA) is 68.0 Å². The first-order valence-electron chi connectivity index (χ1n) is 5.56. The molecule has 0 fully saturated rings. The number of carbonyl (C=O) groups is 1. The van der Waals surface area contributed by atoms with Gasteiger partial charge in [-0.3, -0.25) is 4.79 Å². The molecule has 90 valence electrons. The van der Waals surface area contributed by atoms with Crippen molar-refractivity contribution in [2.24, 2.45) is 5.73 Å². The Bertz CT molecular complexity index is 349. The summed E-state index contributed by atoms with van der Waals surface area (Å²) >= 11 is 1.43. The smallest absolute Gasteiger partial charge is 0.270 e. The van der Waals surface area contributed by atoms with Gasteiger partial charge in [-0.25, -0.2) is 4.98 Å². The van der Waals surface area contributed by atoms with Crippen molar-refractivity contribution in [1.82, 2.24) is 10.3 Å². The number of carbonyl (C=O) groups excluding carboxylic acids is 1. The molecule has 1 aromatic heterocycles. The van der Waals surface area contributed by atoms with Gasteiger partial charge in [-0.2, -0.15) is 0 Å². The largest absolute Gasteiger partial charge is 0.348 e. The van der Waals surface area contributed by atoms with Gasteiger partial charge in [-0.05, 0) is 20.3 Å². The molecule has 5 heteroatoms. The number of amides is 1. The second-order valence-electron chi connectivity index (χ2n) is 4.02. The minimum absolute atomic E-state index is 0.107. The maximum absolute atomic E-state index is 11.8. The molecule has 0 aliphatic rings. The summed E-state index contributed by atoms with van der Waals surface area (Å²) in [6, 6.07) is 0.0811. The maximum atomic E-state index is 11.8. The Morgan fingerprint density at radius 3 is 2.81 bits per heavy atom. The number of rotatable bonds is 5. The number of thiazole rings is 1. The van der Waals surface area contributed by atoms with Crippen LogP contribution < -0.4 is 11.1 Å². The average Bonchev–Trinajstić information content (AvgIpc) is 2.66. The zero-order valence-electron chi connectivity index (χ0n) is 9.99. The maximum Gasteiger partial charge on any atom is 0.270 e. The van der Waals surface area contributed by atoms with E-state index in [9.17, 15) is 4.79 Å². The molecule has 1 amide bonds. The quantitative estimate of drug-likeness (QED) is 0.829. The molecule has 0 saturated heterocycles. The van der Waals surface area contributed by atoms with E-state index in [4.69, 9.17) is 5.73 Å². The van der Waals surface area contributed by atoms with E-state index in [1.807, 2.05) is 13.8 Å². The van der Waals surface area contributed by atoms with Crippen molar-refractivity contribution >= 4 is 17.2 Å². The van der Waals surface area contributed by atoms with Gasteiger partial charge in [-0.15, -0.1) is 11.3 Å². The molecule has 4 nitrogen and oxygen atoms in total. The molecular formula is C11H19N3OS. The molecule has 0 aliphatic carbocycles. The molecule has 2 atom stereocenters. The highest BCUT2D eigenvalue weighted by Gasteiger charge is 2.14. The van der Waals surface area contributed by atoms with Gasteiger partial charge >= 0.3 is 0 Å². The molecule has 1 rings (SSSR count). The number of aromatic nitrogens is 1. The van der Waals surface area contributed by atoms with Gasteiger partial charge in [0.05, 0.1) is 6.04 Å². The Morgan fingerprint density at radius 1 is 1.62 bits per heavy atom. The van der Waals surface area contributed by atoms with Crippen LogP contribution in [0.25, 0.3) is 0 Å². The second-order valence-corrected chi connectivity index (χ2v) is 4.91. The van der Waals surface area contributed by atoms with Crippen LogP contribution in [-0.4, -0.2) is 16.9 Å². The average molecular weight is 241 g/mol. The lowest BCUT2D eigenvalue weighted by Crippen LogP contribution is -2.32. The molecule has 1 aromatic rings. The molecule has 0 saturated carbocycles. The highest BCUT2D eigenvalue weighted by molar-refractivity contribution is 7.09. The fraction of sp³-hybridized carbons (Fsp3) is 0.636. The molecule has 0 aliphatic heterocycles. The van der Waals surface area contributed by atoms with E-state index < -0.39 is 0 Å². The van der Waals surface area contributed by atoms with Crippen LogP contribution in [0.1, 0.15) is 55.2 Å².